The molecule has 0 spiro atoms. The first-order valence-corrected chi connectivity index (χ1v) is 13.5. The Hall–Kier alpha value is -2.91. The monoisotopic (exact) mass is 546 g/mol. The lowest BCUT2D eigenvalue weighted by Crippen LogP contribution is -2.36. The number of dihydropyridines is 1. The number of nitrogens with zero attached hydrogens (tertiary/aromatic N) is 3. The number of carbonyl (C=O) groups excluding carboxylic acids is 1. The molecule has 2 aromatic rings. The van der Waals surface area contributed by atoms with Crippen molar-refractivity contribution < 1.29 is 18.0 Å². The van der Waals surface area contributed by atoms with E-state index >= 15 is 0 Å². The first kappa shape index (κ1) is 25.7. The number of hydrogen-bond acceptors (Lipinski definition) is 5. The van der Waals surface area contributed by atoms with Crippen LogP contribution in [0.15, 0.2) is 69.1 Å². The van der Waals surface area contributed by atoms with E-state index in [1.54, 1.807) is 36.5 Å². The molecule has 0 saturated carbocycles. The number of thiophene rings is 1. The summed E-state index contributed by atoms with van der Waals surface area (Å²) in [7, 11) is 0. The van der Waals surface area contributed by atoms with Gasteiger partial charge in [-0.05, 0) is 48.4 Å². The topological polar surface area (TPSA) is 57.1 Å². The van der Waals surface area contributed by atoms with Crippen LogP contribution in [0.3, 0.4) is 0 Å². The number of aliphatic imine (C=N–C) groups is 2. The second-order valence-electron chi connectivity index (χ2n) is 9.25. The minimum atomic E-state index is -2.59. The molecule has 0 bridgehead atoms. The highest BCUT2D eigenvalue weighted by Crippen LogP contribution is 2.44. The van der Waals surface area contributed by atoms with Gasteiger partial charge >= 0.3 is 0 Å². The molecule has 1 fully saturated rings. The van der Waals surface area contributed by atoms with Gasteiger partial charge in [0.2, 0.25) is 5.91 Å². The molecule has 1 N–H and O–H groups in total. The maximum atomic E-state index is 14.0. The third kappa shape index (κ3) is 5.25. The van der Waals surface area contributed by atoms with Gasteiger partial charge in [0, 0.05) is 41.4 Å². The minimum Gasteiger partial charge on any atom is -0.356 e. The van der Waals surface area contributed by atoms with Crippen LogP contribution in [0.1, 0.15) is 42.7 Å². The summed E-state index contributed by atoms with van der Waals surface area (Å²) in [5.74, 6) is 0.339. The van der Waals surface area contributed by atoms with Crippen molar-refractivity contribution in [1.82, 2.24) is 10.2 Å². The average molecular weight is 547 g/mol. The number of fused-ring (bicyclic) bond motifs is 1. The minimum absolute atomic E-state index is 0.0263. The van der Waals surface area contributed by atoms with Gasteiger partial charge in [-0.3, -0.25) is 14.8 Å². The highest BCUT2D eigenvalue weighted by atomic mass is 35.5. The molecule has 3 aliphatic rings. The van der Waals surface area contributed by atoms with Crippen LogP contribution in [0, 0.1) is 11.7 Å². The SMILES string of the molecule is CCC(=O)NC[C@H]1CC2=C(C3=NC(C(F)F)CC=C3)[C@H](c3ccc(F)cc3Cl)N=C(c3cccs3)N2C1. The Labute approximate surface area is 222 Å². The maximum Gasteiger partial charge on any atom is 0.260 e. The van der Waals surface area contributed by atoms with E-state index in [2.05, 4.69) is 15.2 Å². The molecule has 1 aromatic heterocycles. The lowest BCUT2D eigenvalue weighted by Gasteiger charge is -2.34. The van der Waals surface area contributed by atoms with Crippen LogP contribution in [-0.2, 0) is 4.79 Å². The highest BCUT2D eigenvalue weighted by Gasteiger charge is 2.41. The van der Waals surface area contributed by atoms with Crippen LogP contribution < -0.4 is 5.32 Å². The Bertz CT molecular complexity index is 1300. The van der Waals surface area contributed by atoms with Crippen molar-refractivity contribution in [2.45, 2.75) is 44.7 Å². The standard InChI is InChI=1S/C27H26ClF3N4OS/c1-2-23(36)32-13-15-11-21-24(19-5-3-6-20(33-19)26(30)31)25(17-9-8-16(29)12-18(17)28)34-27(35(21)14-15)22-7-4-10-37-22/h3-5,7-10,12,15,20,25-26H,2,6,11,13-14H2,1H3,(H,32,36)/t15-,20?,25+/m1/s1. The van der Waals surface area contributed by atoms with Crippen LogP contribution in [0.4, 0.5) is 13.2 Å². The third-order valence-electron chi connectivity index (χ3n) is 6.77. The highest BCUT2D eigenvalue weighted by molar-refractivity contribution is 7.12. The van der Waals surface area contributed by atoms with Gasteiger partial charge in [0.1, 0.15) is 23.7 Å². The van der Waals surface area contributed by atoms with E-state index in [4.69, 9.17) is 16.6 Å². The van der Waals surface area contributed by atoms with Crippen LogP contribution in [-0.4, -0.2) is 47.9 Å². The Balaban J connectivity index is 1.66. The number of hydrogen-bond donors (Lipinski definition) is 1. The smallest absolute Gasteiger partial charge is 0.260 e. The second-order valence-corrected chi connectivity index (χ2v) is 10.6. The van der Waals surface area contributed by atoms with Crippen LogP contribution in [0.2, 0.25) is 5.02 Å². The van der Waals surface area contributed by atoms with Crippen molar-refractivity contribution in [3.63, 3.8) is 0 Å². The van der Waals surface area contributed by atoms with Gasteiger partial charge in [-0.25, -0.2) is 13.2 Å². The molecule has 5 rings (SSSR count). The van der Waals surface area contributed by atoms with E-state index in [1.165, 1.54) is 12.1 Å². The van der Waals surface area contributed by atoms with Crippen molar-refractivity contribution in [2.75, 3.05) is 13.1 Å². The van der Waals surface area contributed by atoms with Crippen molar-refractivity contribution in [3.8, 4) is 0 Å². The normalized spacial score (nSPS) is 23.3. The summed E-state index contributed by atoms with van der Waals surface area (Å²) in [5, 5.41) is 5.15. The number of amides is 1. The van der Waals surface area contributed by atoms with Crippen LogP contribution >= 0.6 is 22.9 Å². The lowest BCUT2D eigenvalue weighted by molar-refractivity contribution is -0.120. The van der Waals surface area contributed by atoms with Crippen molar-refractivity contribution in [2.24, 2.45) is 15.9 Å². The summed E-state index contributed by atoms with van der Waals surface area (Å²) in [6, 6.07) is 6.29. The molecule has 0 radical (unpaired) electrons. The van der Waals surface area contributed by atoms with E-state index in [-0.39, 0.29) is 23.3 Å². The maximum absolute atomic E-state index is 14.0. The molecule has 5 nitrogen and oxygen atoms in total. The molecule has 194 valence electrons. The van der Waals surface area contributed by atoms with Crippen molar-refractivity contribution >= 4 is 40.4 Å². The zero-order valence-electron chi connectivity index (χ0n) is 20.1. The summed E-state index contributed by atoms with van der Waals surface area (Å²) in [6.07, 6.45) is 2.04. The first-order chi connectivity index (χ1) is 17.9. The first-order valence-electron chi connectivity index (χ1n) is 12.2. The molecule has 10 heteroatoms. The molecular formula is C27H26ClF3N4OS. The third-order valence-corrected chi connectivity index (χ3v) is 7.97. The predicted molar refractivity (Wildman–Crippen MR) is 141 cm³/mol. The van der Waals surface area contributed by atoms with E-state index in [9.17, 15) is 18.0 Å². The van der Waals surface area contributed by atoms with Gasteiger partial charge in [0.15, 0.2) is 0 Å². The van der Waals surface area contributed by atoms with Gasteiger partial charge < -0.3 is 10.2 Å². The van der Waals surface area contributed by atoms with Gasteiger partial charge in [-0.1, -0.05) is 36.7 Å². The molecule has 4 heterocycles. The Morgan fingerprint density at radius 2 is 2.14 bits per heavy atom. The van der Waals surface area contributed by atoms with Gasteiger partial charge in [-0.2, -0.15) is 0 Å². The Morgan fingerprint density at radius 3 is 2.84 bits per heavy atom. The molecule has 37 heavy (non-hydrogen) atoms. The van der Waals surface area contributed by atoms with Crippen molar-refractivity contribution in [1.29, 1.82) is 0 Å². The molecule has 3 aliphatic heterocycles. The fourth-order valence-electron chi connectivity index (χ4n) is 4.97. The summed E-state index contributed by atoms with van der Waals surface area (Å²) >= 11 is 8.07. The van der Waals surface area contributed by atoms with E-state index < -0.39 is 24.3 Å². The molecule has 3 atom stereocenters. The molecular weight excluding hydrogens is 521 g/mol. The van der Waals surface area contributed by atoms with Gasteiger partial charge in [-0.15, -0.1) is 11.3 Å². The second kappa shape index (κ2) is 10.8. The van der Waals surface area contributed by atoms with Crippen LogP contribution in [0.5, 0.6) is 0 Å². The molecule has 0 aliphatic carbocycles. The zero-order valence-corrected chi connectivity index (χ0v) is 21.7. The summed E-state index contributed by atoms with van der Waals surface area (Å²) in [5.41, 5.74) is 2.63. The lowest BCUT2D eigenvalue weighted by atomic mass is 9.89. The Kier molecular flexibility index (Phi) is 7.53. The average Bonchev–Trinajstić information content (AvgIpc) is 3.57. The molecule has 1 unspecified atom stereocenters. The molecule has 1 amide bonds. The number of rotatable bonds is 7. The molecule has 1 aromatic carbocycles. The quantitative estimate of drug-likeness (QED) is 0.451. The van der Waals surface area contributed by atoms with Crippen LogP contribution in [0.25, 0.3) is 0 Å². The van der Waals surface area contributed by atoms with Gasteiger partial charge in [0.05, 0.1) is 10.6 Å². The number of carbonyl (C=O) groups is 1. The fraction of sp³-hybridized carbons (Fsp3) is 0.370. The van der Waals surface area contributed by atoms with E-state index in [1.807, 2.05) is 17.5 Å². The van der Waals surface area contributed by atoms with Crippen molar-refractivity contribution in [3.05, 3.63) is 80.4 Å². The fourth-order valence-corrected chi connectivity index (χ4v) is 5.97. The number of allylic oxidation sites excluding steroid dienone is 2. The number of halogens is 4. The summed E-state index contributed by atoms with van der Waals surface area (Å²) in [6.45, 7) is 2.90. The number of alkyl halides is 2. The van der Waals surface area contributed by atoms with E-state index in [0.717, 1.165) is 16.4 Å². The Morgan fingerprint density at radius 1 is 1.30 bits per heavy atom. The number of amidine groups is 1. The summed E-state index contributed by atoms with van der Waals surface area (Å²) < 4.78 is 41.3. The summed E-state index contributed by atoms with van der Waals surface area (Å²) in [4.78, 5) is 24.5. The van der Waals surface area contributed by atoms with Gasteiger partial charge in [0.25, 0.3) is 6.43 Å². The number of nitrogens with one attached hydrogen (secondary N) is 1. The number of benzene rings is 1. The largest absolute Gasteiger partial charge is 0.356 e. The zero-order chi connectivity index (χ0) is 26.1. The predicted octanol–water partition coefficient (Wildman–Crippen LogP) is 6.18. The van der Waals surface area contributed by atoms with E-state index in [0.29, 0.717) is 42.8 Å². The molecule has 1 saturated heterocycles.